The van der Waals surface area contributed by atoms with Crippen molar-refractivity contribution in [3.8, 4) is 17.6 Å². The predicted molar refractivity (Wildman–Crippen MR) is 115 cm³/mol. The van der Waals surface area contributed by atoms with Gasteiger partial charge < -0.3 is 4.74 Å². The Labute approximate surface area is 177 Å². The average Bonchev–Trinajstić information content (AvgIpc) is 2.73. The highest BCUT2D eigenvalue weighted by molar-refractivity contribution is 6.07. The zero-order valence-electron chi connectivity index (χ0n) is 16.7. The highest BCUT2D eigenvalue weighted by Gasteiger charge is 2.32. The Hall–Kier alpha value is -3.52. The molecule has 0 atom stereocenters. The molecule has 0 spiro atoms. The SMILES string of the molecule is CCCc1ccc2c(ccc3cc(C#Cc4ccc(OC(F)(F)F)c(F)c4)ccc32)c1. The molecule has 1 nitrogen and oxygen atoms in total. The van der Waals surface area contributed by atoms with E-state index in [2.05, 4.69) is 47.8 Å². The number of rotatable bonds is 3. The Kier molecular flexibility index (Phi) is 5.56. The maximum atomic E-state index is 13.8. The van der Waals surface area contributed by atoms with Gasteiger partial charge in [-0.15, -0.1) is 13.2 Å². The Morgan fingerprint density at radius 2 is 1.39 bits per heavy atom. The maximum absolute atomic E-state index is 13.8. The third-order valence-electron chi connectivity index (χ3n) is 4.95. The average molecular weight is 422 g/mol. The monoisotopic (exact) mass is 422 g/mol. The smallest absolute Gasteiger partial charge is 0.403 e. The van der Waals surface area contributed by atoms with Gasteiger partial charge in [-0.2, -0.15) is 0 Å². The number of ether oxygens (including phenoxy) is 1. The van der Waals surface area contributed by atoms with Crippen LogP contribution in [0.2, 0.25) is 0 Å². The van der Waals surface area contributed by atoms with E-state index in [1.54, 1.807) is 0 Å². The molecule has 0 unspecified atom stereocenters. The second-order valence-corrected chi connectivity index (χ2v) is 7.25. The molecule has 156 valence electrons. The molecule has 0 N–H and O–H groups in total. The molecule has 4 rings (SSSR count). The Morgan fingerprint density at radius 3 is 2.03 bits per heavy atom. The molecular formula is C26H18F4O. The lowest BCUT2D eigenvalue weighted by atomic mass is 9.97. The van der Waals surface area contributed by atoms with E-state index in [9.17, 15) is 17.6 Å². The topological polar surface area (TPSA) is 9.23 Å². The van der Waals surface area contributed by atoms with Gasteiger partial charge >= 0.3 is 6.36 Å². The summed E-state index contributed by atoms with van der Waals surface area (Å²) in [6.45, 7) is 2.16. The second kappa shape index (κ2) is 8.31. The summed E-state index contributed by atoms with van der Waals surface area (Å²) in [6, 6.07) is 19.6. The first-order valence-corrected chi connectivity index (χ1v) is 9.85. The largest absolute Gasteiger partial charge is 0.573 e. The van der Waals surface area contributed by atoms with E-state index < -0.39 is 17.9 Å². The zero-order chi connectivity index (χ0) is 22.0. The molecule has 0 aliphatic heterocycles. The van der Waals surface area contributed by atoms with Crippen molar-refractivity contribution in [3.63, 3.8) is 0 Å². The van der Waals surface area contributed by atoms with Crippen LogP contribution in [0.1, 0.15) is 30.0 Å². The summed E-state index contributed by atoms with van der Waals surface area (Å²) in [4.78, 5) is 0. The summed E-state index contributed by atoms with van der Waals surface area (Å²) in [7, 11) is 0. The first-order chi connectivity index (χ1) is 14.8. The van der Waals surface area contributed by atoms with Crippen molar-refractivity contribution in [1.82, 2.24) is 0 Å². The van der Waals surface area contributed by atoms with Gasteiger partial charge in [0.05, 0.1) is 0 Å². The van der Waals surface area contributed by atoms with E-state index in [0.29, 0.717) is 0 Å². The molecular weight excluding hydrogens is 404 g/mol. The molecule has 0 aliphatic rings. The molecule has 0 heterocycles. The highest BCUT2D eigenvalue weighted by Crippen LogP contribution is 2.28. The lowest BCUT2D eigenvalue weighted by molar-refractivity contribution is -0.275. The molecule has 0 aromatic heterocycles. The molecule has 0 amide bonds. The van der Waals surface area contributed by atoms with Crippen LogP contribution >= 0.6 is 0 Å². The van der Waals surface area contributed by atoms with Crippen LogP contribution in [0.15, 0.2) is 66.7 Å². The molecule has 4 aromatic rings. The summed E-state index contributed by atoms with van der Waals surface area (Å²) in [5.41, 5.74) is 2.30. The van der Waals surface area contributed by atoms with Crippen molar-refractivity contribution in [2.24, 2.45) is 0 Å². The van der Waals surface area contributed by atoms with Gasteiger partial charge in [-0.25, -0.2) is 4.39 Å². The van der Waals surface area contributed by atoms with Crippen LogP contribution in [-0.2, 0) is 6.42 Å². The van der Waals surface area contributed by atoms with Crippen molar-refractivity contribution in [3.05, 3.63) is 89.2 Å². The summed E-state index contributed by atoms with van der Waals surface area (Å²) >= 11 is 0. The number of hydrogen-bond donors (Lipinski definition) is 0. The lowest BCUT2D eigenvalue weighted by Crippen LogP contribution is -2.17. The summed E-state index contributed by atoms with van der Waals surface area (Å²) < 4.78 is 54.2. The van der Waals surface area contributed by atoms with Gasteiger partial charge in [0.15, 0.2) is 11.6 Å². The summed E-state index contributed by atoms with van der Waals surface area (Å²) in [6.07, 6.45) is -2.80. The van der Waals surface area contributed by atoms with Crippen LogP contribution < -0.4 is 4.74 Å². The Balaban J connectivity index is 1.63. The van der Waals surface area contributed by atoms with E-state index in [0.717, 1.165) is 41.3 Å². The molecule has 0 saturated heterocycles. The molecule has 0 aliphatic carbocycles. The van der Waals surface area contributed by atoms with Gasteiger partial charge in [0.1, 0.15) is 0 Å². The number of fused-ring (bicyclic) bond motifs is 3. The zero-order valence-corrected chi connectivity index (χ0v) is 16.7. The van der Waals surface area contributed by atoms with Crippen molar-refractivity contribution in [2.45, 2.75) is 26.1 Å². The molecule has 31 heavy (non-hydrogen) atoms. The van der Waals surface area contributed by atoms with E-state index in [-0.39, 0.29) is 5.56 Å². The van der Waals surface area contributed by atoms with Gasteiger partial charge in [-0.1, -0.05) is 61.6 Å². The van der Waals surface area contributed by atoms with E-state index in [1.165, 1.54) is 22.4 Å². The van der Waals surface area contributed by atoms with E-state index in [4.69, 9.17) is 0 Å². The minimum atomic E-state index is -4.94. The van der Waals surface area contributed by atoms with Crippen LogP contribution in [0.4, 0.5) is 17.6 Å². The fraction of sp³-hybridized carbons (Fsp3) is 0.154. The van der Waals surface area contributed by atoms with Crippen LogP contribution in [0.25, 0.3) is 21.5 Å². The Bertz CT molecular complexity index is 1330. The highest BCUT2D eigenvalue weighted by atomic mass is 19.4. The molecule has 4 aromatic carbocycles. The van der Waals surface area contributed by atoms with Crippen LogP contribution in [-0.4, -0.2) is 6.36 Å². The fourth-order valence-corrected chi connectivity index (χ4v) is 3.57. The minimum absolute atomic E-state index is 0.258. The van der Waals surface area contributed by atoms with Crippen LogP contribution in [0.5, 0.6) is 5.75 Å². The predicted octanol–water partition coefficient (Wildman–Crippen LogP) is 7.38. The van der Waals surface area contributed by atoms with E-state index in [1.807, 2.05) is 24.3 Å². The van der Waals surface area contributed by atoms with Gasteiger partial charge in [0.25, 0.3) is 0 Å². The first-order valence-electron chi connectivity index (χ1n) is 9.85. The van der Waals surface area contributed by atoms with Crippen molar-refractivity contribution in [2.75, 3.05) is 0 Å². The summed E-state index contributed by atoms with van der Waals surface area (Å²) in [5, 5.41) is 4.50. The number of aryl methyl sites for hydroxylation is 1. The molecule has 0 saturated carbocycles. The van der Waals surface area contributed by atoms with Gasteiger partial charge in [0.2, 0.25) is 0 Å². The standard InChI is InChI=1S/C26H18F4O/c1-2-3-17-6-11-22-20(14-17)9-10-21-15-18(7-12-23(21)22)4-5-19-8-13-25(24(27)16-19)31-26(28,29)30/h6-16H,2-3H2,1H3. The molecule has 0 bridgehead atoms. The minimum Gasteiger partial charge on any atom is -0.403 e. The quantitative estimate of drug-likeness (QED) is 0.190. The molecule has 5 heteroatoms. The van der Waals surface area contributed by atoms with Crippen molar-refractivity contribution < 1.29 is 22.3 Å². The number of halogens is 4. The second-order valence-electron chi connectivity index (χ2n) is 7.25. The third-order valence-corrected chi connectivity index (χ3v) is 4.95. The van der Waals surface area contributed by atoms with E-state index >= 15 is 0 Å². The van der Waals surface area contributed by atoms with Gasteiger partial charge in [0, 0.05) is 11.1 Å². The van der Waals surface area contributed by atoms with Crippen LogP contribution in [0.3, 0.4) is 0 Å². The molecule has 0 fully saturated rings. The lowest BCUT2D eigenvalue weighted by Gasteiger charge is -2.09. The maximum Gasteiger partial charge on any atom is 0.573 e. The Morgan fingerprint density at radius 1 is 0.774 bits per heavy atom. The normalized spacial score (nSPS) is 11.4. The van der Waals surface area contributed by atoms with Crippen molar-refractivity contribution in [1.29, 1.82) is 0 Å². The fourth-order valence-electron chi connectivity index (χ4n) is 3.57. The third kappa shape index (κ3) is 4.80. The van der Waals surface area contributed by atoms with Crippen molar-refractivity contribution >= 4 is 21.5 Å². The summed E-state index contributed by atoms with van der Waals surface area (Å²) in [5.74, 6) is 3.74. The number of alkyl halides is 3. The number of benzene rings is 4. The van der Waals surface area contributed by atoms with Gasteiger partial charge in [-0.05, 0) is 63.9 Å². The number of hydrogen-bond acceptors (Lipinski definition) is 1. The van der Waals surface area contributed by atoms with Crippen LogP contribution in [0, 0.1) is 17.7 Å². The first kappa shape index (κ1) is 20.7. The van der Waals surface area contributed by atoms with Gasteiger partial charge in [-0.3, -0.25) is 0 Å². The molecule has 0 radical (unpaired) electrons.